The van der Waals surface area contributed by atoms with Crippen molar-refractivity contribution in [3.63, 3.8) is 0 Å². The van der Waals surface area contributed by atoms with E-state index in [1.807, 2.05) is 18.6 Å². The van der Waals surface area contributed by atoms with Gasteiger partial charge in [0.05, 0.1) is 5.69 Å². The van der Waals surface area contributed by atoms with E-state index < -0.39 is 0 Å². The Morgan fingerprint density at radius 2 is 1.95 bits per heavy atom. The molecule has 2 aromatic heterocycles. The monoisotopic (exact) mass is 272 g/mol. The maximum Gasteiger partial charge on any atom is 0.0553 e. The lowest BCUT2D eigenvalue weighted by Crippen LogP contribution is -2.25. The minimum absolute atomic E-state index is 0.366. The second kappa shape index (κ2) is 7.80. The smallest absolute Gasteiger partial charge is 0.0553 e. The molecule has 1 unspecified atom stereocenters. The fraction of sp³-hybridized carbons (Fsp3) is 0.500. The van der Waals surface area contributed by atoms with Crippen LogP contribution in [-0.2, 0) is 13.0 Å². The van der Waals surface area contributed by atoms with Gasteiger partial charge >= 0.3 is 0 Å². The number of rotatable bonds is 8. The normalized spacial score (nSPS) is 12.5. The summed E-state index contributed by atoms with van der Waals surface area (Å²) in [5, 5.41) is 8.03. The van der Waals surface area contributed by atoms with Crippen LogP contribution >= 0.6 is 0 Å². The third-order valence-corrected chi connectivity index (χ3v) is 3.52. The summed E-state index contributed by atoms with van der Waals surface area (Å²) in [6.07, 6.45) is 8.90. The second-order valence-electron chi connectivity index (χ2n) is 4.97. The molecule has 0 aromatic carbocycles. The van der Waals surface area contributed by atoms with Gasteiger partial charge < -0.3 is 5.32 Å². The summed E-state index contributed by atoms with van der Waals surface area (Å²) in [5.41, 5.74) is 2.63. The zero-order chi connectivity index (χ0) is 14.2. The van der Waals surface area contributed by atoms with Crippen molar-refractivity contribution in [1.82, 2.24) is 20.1 Å². The highest BCUT2D eigenvalue weighted by Gasteiger charge is 2.14. The summed E-state index contributed by atoms with van der Waals surface area (Å²) in [6, 6.07) is 6.68. The quantitative estimate of drug-likeness (QED) is 0.803. The molecule has 0 aliphatic heterocycles. The highest BCUT2D eigenvalue weighted by molar-refractivity contribution is 5.12. The first kappa shape index (κ1) is 14.7. The third kappa shape index (κ3) is 3.90. The third-order valence-electron chi connectivity index (χ3n) is 3.52. The highest BCUT2D eigenvalue weighted by Crippen LogP contribution is 2.19. The standard InChI is InChI=1S/C16H24N4/c1-3-10-18-15(16-9-13-19-20(16)4-2)6-5-14-7-11-17-12-8-14/h7-9,11-13,15,18H,3-6,10H2,1-2H3. The molecule has 4 heteroatoms. The maximum atomic E-state index is 4.39. The molecule has 0 aliphatic rings. The largest absolute Gasteiger partial charge is 0.309 e. The Kier molecular flexibility index (Phi) is 5.74. The van der Waals surface area contributed by atoms with Crippen LogP contribution in [0, 0.1) is 0 Å². The fourth-order valence-corrected chi connectivity index (χ4v) is 2.44. The van der Waals surface area contributed by atoms with Gasteiger partial charge in [-0.15, -0.1) is 0 Å². The van der Waals surface area contributed by atoms with Crippen LogP contribution < -0.4 is 5.32 Å². The minimum Gasteiger partial charge on any atom is -0.309 e. The Labute approximate surface area is 121 Å². The van der Waals surface area contributed by atoms with Crippen LogP contribution in [0.3, 0.4) is 0 Å². The molecular formula is C16H24N4. The molecule has 0 radical (unpaired) electrons. The van der Waals surface area contributed by atoms with Crippen molar-refractivity contribution in [1.29, 1.82) is 0 Å². The van der Waals surface area contributed by atoms with E-state index in [0.29, 0.717) is 6.04 Å². The average molecular weight is 272 g/mol. The van der Waals surface area contributed by atoms with Gasteiger partial charge in [0.15, 0.2) is 0 Å². The number of hydrogen-bond donors (Lipinski definition) is 1. The molecule has 2 aromatic rings. The maximum absolute atomic E-state index is 4.39. The average Bonchev–Trinajstić information content (AvgIpc) is 2.97. The predicted octanol–water partition coefficient (Wildman–Crippen LogP) is 2.97. The van der Waals surface area contributed by atoms with Gasteiger partial charge in [0.25, 0.3) is 0 Å². The van der Waals surface area contributed by atoms with Crippen LogP contribution in [0.5, 0.6) is 0 Å². The lowest BCUT2D eigenvalue weighted by atomic mass is 10.0. The van der Waals surface area contributed by atoms with Crippen molar-refractivity contribution in [3.05, 3.63) is 48.0 Å². The molecule has 0 saturated carbocycles. The summed E-state index contributed by atoms with van der Waals surface area (Å²) >= 11 is 0. The van der Waals surface area contributed by atoms with Gasteiger partial charge in [0.2, 0.25) is 0 Å². The summed E-state index contributed by atoms with van der Waals surface area (Å²) in [6.45, 7) is 6.29. The first-order valence-corrected chi connectivity index (χ1v) is 7.49. The molecule has 4 nitrogen and oxygen atoms in total. The van der Waals surface area contributed by atoms with Crippen molar-refractivity contribution in [3.8, 4) is 0 Å². The van der Waals surface area contributed by atoms with Crippen molar-refractivity contribution in [2.45, 2.75) is 45.7 Å². The predicted molar refractivity (Wildman–Crippen MR) is 81.5 cm³/mol. The molecule has 0 amide bonds. The molecular weight excluding hydrogens is 248 g/mol. The lowest BCUT2D eigenvalue weighted by molar-refractivity contribution is 0.456. The van der Waals surface area contributed by atoms with Crippen molar-refractivity contribution in [2.75, 3.05) is 6.54 Å². The fourth-order valence-electron chi connectivity index (χ4n) is 2.44. The van der Waals surface area contributed by atoms with Gasteiger partial charge in [-0.05, 0) is 56.5 Å². The van der Waals surface area contributed by atoms with Gasteiger partial charge in [-0.25, -0.2) is 0 Å². The van der Waals surface area contributed by atoms with E-state index >= 15 is 0 Å². The summed E-state index contributed by atoms with van der Waals surface area (Å²) in [5.74, 6) is 0. The van der Waals surface area contributed by atoms with Crippen LogP contribution in [0.15, 0.2) is 36.8 Å². The Morgan fingerprint density at radius 1 is 1.15 bits per heavy atom. The number of aromatic nitrogens is 3. The molecule has 0 spiro atoms. The van der Waals surface area contributed by atoms with Gasteiger partial charge in [-0.2, -0.15) is 5.10 Å². The molecule has 2 heterocycles. The van der Waals surface area contributed by atoms with Gasteiger partial charge in [-0.3, -0.25) is 9.67 Å². The summed E-state index contributed by atoms with van der Waals surface area (Å²) < 4.78 is 2.08. The van der Waals surface area contributed by atoms with Gasteiger partial charge in [0, 0.05) is 31.2 Å². The number of hydrogen-bond acceptors (Lipinski definition) is 3. The van der Waals surface area contributed by atoms with E-state index in [2.05, 4.69) is 52.1 Å². The molecule has 0 fully saturated rings. The molecule has 0 saturated heterocycles. The molecule has 108 valence electrons. The van der Waals surface area contributed by atoms with Crippen molar-refractivity contribution in [2.24, 2.45) is 0 Å². The lowest BCUT2D eigenvalue weighted by Gasteiger charge is -2.19. The Hall–Kier alpha value is -1.68. The zero-order valence-corrected chi connectivity index (χ0v) is 12.4. The van der Waals surface area contributed by atoms with Crippen LogP contribution in [0.4, 0.5) is 0 Å². The first-order chi connectivity index (χ1) is 9.85. The van der Waals surface area contributed by atoms with Crippen molar-refractivity contribution < 1.29 is 0 Å². The number of aryl methyl sites for hydroxylation is 2. The first-order valence-electron chi connectivity index (χ1n) is 7.49. The molecule has 20 heavy (non-hydrogen) atoms. The van der Waals surface area contributed by atoms with Crippen molar-refractivity contribution >= 4 is 0 Å². The second-order valence-corrected chi connectivity index (χ2v) is 4.97. The number of pyridine rings is 1. The molecule has 0 bridgehead atoms. The number of nitrogens with zero attached hydrogens (tertiary/aromatic N) is 3. The van der Waals surface area contributed by atoms with Crippen LogP contribution in [-0.4, -0.2) is 21.3 Å². The van der Waals surface area contributed by atoms with Crippen LogP contribution in [0.1, 0.15) is 44.0 Å². The zero-order valence-electron chi connectivity index (χ0n) is 12.4. The molecule has 1 atom stereocenters. The highest BCUT2D eigenvalue weighted by atomic mass is 15.3. The van der Waals surface area contributed by atoms with Crippen LogP contribution in [0.2, 0.25) is 0 Å². The summed E-state index contributed by atoms with van der Waals surface area (Å²) in [4.78, 5) is 4.07. The Balaban J connectivity index is 2.04. The Morgan fingerprint density at radius 3 is 2.65 bits per heavy atom. The topological polar surface area (TPSA) is 42.7 Å². The number of nitrogens with one attached hydrogen (secondary N) is 1. The van der Waals surface area contributed by atoms with E-state index in [1.165, 1.54) is 11.3 Å². The molecule has 2 rings (SSSR count). The van der Waals surface area contributed by atoms with E-state index in [0.717, 1.165) is 32.4 Å². The van der Waals surface area contributed by atoms with Gasteiger partial charge in [-0.1, -0.05) is 6.92 Å². The molecule has 1 N–H and O–H groups in total. The SMILES string of the molecule is CCCNC(CCc1ccncc1)c1ccnn1CC. The van der Waals surface area contributed by atoms with E-state index in [-0.39, 0.29) is 0 Å². The Bertz CT molecular complexity index is 492. The van der Waals surface area contributed by atoms with Gasteiger partial charge in [0.1, 0.15) is 0 Å². The van der Waals surface area contributed by atoms with E-state index in [9.17, 15) is 0 Å². The summed E-state index contributed by atoms with van der Waals surface area (Å²) in [7, 11) is 0. The minimum atomic E-state index is 0.366. The molecule has 0 aliphatic carbocycles. The van der Waals surface area contributed by atoms with E-state index in [4.69, 9.17) is 0 Å². The van der Waals surface area contributed by atoms with Crippen LogP contribution in [0.25, 0.3) is 0 Å². The van der Waals surface area contributed by atoms with E-state index in [1.54, 1.807) is 0 Å².